The number of hydroxylamine groups is 1. The number of carbonyl (C=O) groups excluding carboxylic acids is 1. The summed E-state index contributed by atoms with van der Waals surface area (Å²) in [5.41, 5.74) is 4.70. The average Bonchev–Trinajstić information content (AvgIpc) is 3.16. The zero-order valence-corrected chi connectivity index (χ0v) is 23.7. The van der Waals surface area contributed by atoms with Gasteiger partial charge in [-0.1, -0.05) is 65.5 Å². The molecule has 35 heavy (non-hydrogen) atoms. The first-order chi connectivity index (χ1) is 16.7. The molecule has 0 aliphatic heterocycles. The van der Waals surface area contributed by atoms with Gasteiger partial charge in [-0.15, -0.1) is 11.6 Å². The van der Waals surface area contributed by atoms with Crippen molar-refractivity contribution in [1.82, 2.24) is 5.48 Å². The molecule has 3 fully saturated rings. The second-order valence-electron chi connectivity index (χ2n) is 13.2. The Balaban J connectivity index is 1.39. The maximum absolute atomic E-state index is 12.1. The zero-order chi connectivity index (χ0) is 25.2. The largest absolute Gasteiger partial charge is 0.444 e. The Kier molecular flexibility index (Phi) is 8.84. The minimum Gasteiger partial charge on any atom is -0.444 e. The van der Waals surface area contributed by atoms with E-state index < -0.39 is 6.09 Å². The van der Waals surface area contributed by atoms with Crippen molar-refractivity contribution in [3.63, 3.8) is 0 Å². The number of hydrogen-bond donors (Lipinski definition) is 1. The number of carbonyl (C=O) groups is 1. The molecule has 0 unspecified atom stereocenters. The molecule has 0 aromatic carbocycles. The second kappa shape index (κ2) is 11.3. The average molecular weight is 508 g/mol. The lowest BCUT2D eigenvalue weighted by atomic mass is 9.47. The van der Waals surface area contributed by atoms with Gasteiger partial charge in [-0.05, 0) is 91.3 Å². The van der Waals surface area contributed by atoms with Crippen molar-refractivity contribution < 1.29 is 14.4 Å². The molecule has 1 N–H and O–H groups in total. The van der Waals surface area contributed by atoms with Gasteiger partial charge in [-0.25, -0.2) is 4.79 Å². The number of amides is 1. The van der Waals surface area contributed by atoms with Gasteiger partial charge >= 0.3 is 6.09 Å². The highest BCUT2D eigenvalue weighted by Crippen LogP contribution is 2.67. The van der Waals surface area contributed by atoms with E-state index in [1.807, 2.05) is 0 Å². The summed E-state index contributed by atoms with van der Waals surface area (Å²) >= 11 is 5.60. The van der Waals surface area contributed by atoms with Gasteiger partial charge in [-0.3, -0.25) is 4.84 Å². The van der Waals surface area contributed by atoms with E-state index in [1.165, 1.54) is 51.4 Å². The van der Waals surface area contributed by atoms with Gasteiger partial charge in [0, 0.05) is 12.3 Å². The van der Waals surface area contributed by atoms with Crippen molar-refractivity contribution in [3.05, 3.63) is 11.6 Å². The molecule has 4 nitrogen and oxygen atoms in total. The first kappa shape index (κ1) is 27.3. The van der Waals surface area contributed by atoms with Gasteiger partial charge < -0.3 is 4.74 Å². The first-order valence-electron chi connectivity index (χ1n) is 14.5. The van der Waals surface area contributed by atoms with Crippen LogP contribution in [0.25, 0.3) is 0 Å². The van der Waals surface area contributed by atoms with E-state index in [-0.39, 0.29) is 18.1 Å². The number of rotatable bonds is 9. The zero-order valence-electron chi connectivity index (χ0n) is 22.9. The molecule has 4 rings (SSSR count). The lowest BCUT2D eigenvalue weighted by Crippen LogP contribution is -2.51. The SMILES string of the molecule is CC(C)CCC[C@@H](C)[C@H]1CC[C@H]2[C@@H]3CC=C4C[C@@H](OC(=O)NOCCCl)CC[C@]4(C)[C@H]3CC[C@]12C. The Hall–Kier alpha value is -0.740. The minimum atomic E-state index is -0.494. The minimum absolute atomic E-state index is 0.0538. The number of nitrogens with one attached hydrogen (secondary N) is 1. The summed E-state index contributed by atoms with van der Waals surface area (Å²) in [4.78, 5) is 17.1. The molecule has 0 radical (unpaired) electrons. The smallest absolute Gasteiger partial charge is 0.431 e. The standard InChI is InChI=1S/C30H50ClNO3/c1-20(2)7-6-8-21(3)25-11-12-26-24-10-9-22-19-23(35-28(33)32-34-18-17-31)13-15-29(22,4)27(24)14-16-30(25,26)5/h9,20-21,23-27H,6-8,10-19H2,1-5H3,(H,32,33)/t21-,23+,24+,25-,26+,27+,29+,30-/m1/s1. The van der Waals surface area contributed by atoms with Crippen LogP contribution in [0.15, 0.2) is 11.6 Å². The molecule has 0 saturated heterocycles. The van der Waals surface area contributed by atoms with Crippen LogP contribution in [0.2, 0.25) is 0 Å². The Bertz CT molecular complexity index is 769. The van der Waals surface area contributed by atoms with Crippen molar-refractivity contribution in [2.75, 3.05) is 12.5 Å². The fraction of sp³-hybridized carbons (Fsp3) is 0.900. The summed E-state index contributed by atoms with van der Waals surface area (Å²) in [5, 5.41) is 0. The van der Waals surface area contributed by atoms with Gasteiger partial charge in [0.15, 0.2) is 0 Å². The monoisotopic (exact) mass is 507 g/mol. The molecule has 0 bridgehead atoms. The van der Waals surface area contributed by atoms with Crippen molar-refractivity contribution in [2.45, 2.75) is 111 Å². The molecule has 5 heteroatoms. The Morgan fingerprint density at radius 1 is 1.11 bits per heavy atom. The number of alkyl halides is 1. The third-order valence-corrected chi connectivity index (χ3v) is 11.0. The van der Waals surface area contributed by atoms with E-state index >= 15 is 0 Å². The quantitative estimate of drug-likeness (QED) is 0.148. The van der Waals surface area contributed by atoms with E-state index in [0.29, 0.717) is 11.3 Å². The normalized spacial score (nSPS) is 39.3. The maximum Gasteiger partial charge on any atom is 0.431 e. The molecule has 0 aromatic heterocycles. The van der Waals surface area contributed by atoms with E-state index in [4.69, 9.17) is 21.2 Å². The number of ether oxygens (including phenoxy) is 1. The summed E-state index contributed by atoms with van der Waals surface area (Å²) in [7, 11) is 0. The fourth-order valence-electron chi connectivity index (χ4n) is 9.08. The van der Waals surface area contributed by atoms with Crippen molar-refractivity contribution in [1.29, 1.82) is 0 Å². The number of allylic oxidation sites excluding steroid dienone is 1. The Morgan fingerprint density at radius 3 is 2.66 bits per heavy atom. The summed E-state index contributed by atoms with van der Waals surface area (Å²) in [6.45, 7) is 12.8. The summed E-state index contributed by atoms with van der Waals surface area (Å²) in [5.74, 6) is 5.44. The topological polar surface area (TPSA) is 47.6 Å². The molecular weight excluding hydrogens is 458 g/mol. The molecule has 0 spiro atoms. The lowest BCUT2D eigenvalue weighted by Gasteiger charge is -2.58. The number of halogens is 1. The van der Waals surface area contributed by atoms with Gasteiger partial charge in [0.25, 0.3) is 0 Å². The highest BCUT2D eigenvalue weighted by Gasteiger charge is 2.59. The number of hydrogen-bond acceptors (Lipinski definition) is 3. The molecule has 4 aliphatic rings. The molecule has 200 valence electrons. The fourth-order valence-corrected chi connectivity index (χ4v) is 9.15. The summed E-state index contributed by atoms with van der Waals surface area (Å²) in [6.07, 6.45) is 16.0. The van der Waals surface area contributed by atoms with Crippen LogP contribution in [0.3, 0.4) is 0 Å². The van der Waals surface area contributed by atoms with E-state index in [2.05, 4.69) is 46.2 Å². The van der Waals surface area contributed by atoms with Gasteiger partial charge in [0.2, 0.25) is 0 Å². The van der Waals surface area contributed by atoms with Gasteiger partial charge in [-0.2, -0.15) is 5.48 Å². The van der Waals surface area contributed by atoms with Crippen molar-refractivity contribution in [3.8, 4) is 0 Å². The van der Waals surface area contributed by atoms with Crippen LogP contribution in [-0.2, 0) is 9.57 Å². The van der Waals surface area contributed by atoms with Gasteiger partial charge in [0.1, 0.15) is 6.10 Å². The van der Waals surface area contributed by atoms with Crippen LogP contribution in [0.1, 0.15) is 105 Å². The molecular formula is C30H50ClNO3. The summed E-state index contributed by atoms with van der Waals surface area (Å²) < 4.78 is 5.68. The van der Waals surface area contributed by atoms with E-state index in [1.54, 1.807) is 5.57 Å². The molecule has 4 aliphatic carbocycles. The second-order valence-corrected chi connectivity index (χ2v) is 13.6. The van der Waals surface area contributed by atoms with E-state index in [9.17, 15) is 4.79 Å². The molecule has 3 saturated carbocycles. The van der Waals surface area contributed by atoms with Crippen LogP contribution < -0.4 is 5.48 Å². The van der Waals surface area contributed by atoms with Crippen molar-refractivity contribution in [2.24, 2.45) is 46.3 Å². The highest BCUT2D eigenvalue weighted by molar-refractivity contribution is 6.17. The van der Waals surface area contributed by atoms with Crippen LogP contribution in [-0.4, -0.2) is 24.7 Å². The van der Waals surface area contributed by atoms with Crippen LogP contribution >= 0.6 is 11.6 Å². The molecule has 0 aromatic rings. The summed E-state index contributed by atoms with van der Waals surface area (Å²) in [6, 6.07) is 0. The van der Waals surface area contributed by atoms with Crippen molar-refractivity contribution >= 4 is 17.7 Å². The number of fused-ring (bicyclic) bond motifs is 5. The predicted octanol–water partition coefficient (Wildman–Crippen LogP) is 8.29. The van der Waals surface area contributed by atoms with Crippen LogP contribution in [0, 0.1) is 46.3 Å². The third-order valence-electron chi connectivity index (χ3n) is 10.9. The molecule has 1 amide bonds. The van der Waals surface area contributed by atoms with E-state index in [0.717, 1.165) is 54.8 Å². The highest BCUT2D eigenvalue weighted by atomic mass is 35.5. The maximum atomic E-state index is 12.1. The Labute approximate surface area is 219 Å². The lowest BCUT2D eigenvalue weighted by molar-refractivity contribution is -0.0602. The van der Waals surface area contributed by atoms with Gasteiger partial charge in [0.05, 0.1) is 6.61 Å². The first-order valence-corrected chi connectivity index (χ1v) is 15.1. The van der Waals surface area contributed by atoms with Crippen LogP contribution in [0.5, 0.6) is 0 Å². The predicted molar refractivity (Wildman–Crippen MR) is 143 cm³/mol. The Morgan fingerprint density at radius 2 is 1.91 bits per heavy atom. The van der Waals surface area contributed by atoms with Crippen LogP contribution in [0.4, 0.5) is 4.79 Å². The molecule has 0 heterocycles. The molecule has 8 atom stereocenters. The third kappa shape index (κ3) is 5.59.